The van der Waals surface area contributed by atoms with Crippen LogP contribution in [-0.2, 0) is 4.74 Å². The average molecular weight is 170 g/mol. The second kappa shape index (κ2) is 3.78. The van der Waals surface area contributed by atoms with Gasteiger partial charge in [0.15, 0.2) is 0 Å². The Hall–Kier alpha value is -0.0400. The molecule has 1 aliphatic heterocycles. The molecule has 1 fully saturated rings. The van der Waals surface area contributed by atoms with Crippen LogP contribution in [0.3, 0.4) is 0 Å². The smallest absolute Gasteiger partial charge is 0.0605 e. The van der Waals surface area contributed by atoms with Crippen molar-refractivity contribution < 1.29 is 4.74 Å². The molecule has 0 spiro atoms. The minimum Gasteiger partial charge on any atom is -0.378 e. The number of hydrogen-bond acceptors (Lipinski definition) is 1. The second-order valence-corrected chi connectivity index (χ2v) is 4.91. The van der Waals surface area contributed by atoms with Gasteiger partial charge in [0, 0.05) is 6.61 Å². The third-order valence-corrected chi connectivity index (χ3v) is 3.14. The lowest BCUT2D eigenvalue weighted by atomic mass is 9.78. The molecule has 0 saturated carbocycles. The van der Waals surface area contributed by atoms with E-state index in [1.165, 1.54) is 19.3 Å². The van der Waals surface area contributed by atoms with Crippen LogP contribution in [0.5, 0.6) is 0 Å². The summed E-state index contributed by atoms with van der Waals surface area (Å²) < 4.78 is 5.77. The van der Waals surface area contributed by atoms with Gasteiger partial charge in [-0.1, -0.05) is 34.1 Å². The van der Waals surface area contributed by atoms with Crippen LogP contribution in [0, 0.1) is 11.3 Å². The highest BCUT2D eigenvalue weighted by Gasteiger charge is 2.30. The lowest BCUT2D eigenvalue weighted by molar-refractivity contribution is -0.0621. The molecule has 0 aliphatic carbocycles. The summed E-state index contributed by atoms with van der Waals surface area (Å²) in [6.45, 7) is 10.2. The van der Waals surface area contributed by atoms with E-state index in [4.69, 9.17) is 4.74 Å². The molecule has 12 heavy (non-hydrogen) atoms. The molecule has 0 aromatic carbocycles. The zero-order chi connectivity index (χ0) is 9.19. The summed E-state index contributed by atoms with van der Waals surface area (Å²) in [5.74, 6) is 0.726. The summed E-state index contributed by atoms with van der Waals surface area (Å²) in [5, 5.41) is 0. The molecule has 0 bridgehead atoms. The van der Waals surface area contributed by atoms with Crippen LogP contribution in [0.2, 0.25) is 0 Å². The zero-order valence-corrected chi connectivity index (χ0v) is 8.89. The maximum absolute atomic E-state index is 5.77. The highest BCUT2D eigenvalue weighted by Crippen LogP contribution is 2.35. The SMILES string of the molecule is CCC(C)C1CC(C)(C)CCO1. The molecule has 72 valence electrons. The lowest BCUT2D eigenvalue weighted by Crippen LogP contribution is -2.34. The summed E-state index contributed by atoms with van der Waals surface area (Å²) in [4.78, 5) is 0. The van der Waals surface area contributed by atoms with Gasteiger partial charge in [-0.05, 0) is 24.2 Å². The van der Waals surface area contributed by atoms with E-state index in [1.54, 1.807) is 0 Å². The van der Waals surface area contributed by atoms with Crippen molar-refractivity contribution in [2.75, 3.05) is 6.61 Å². The zero-order valence-electron chi connectivity index (χ0n) is 8.89. The van der Waals surface area contributed by atoms with E-state index >= 15 is 0 Å². The topological polar surface area (TPSA) is 9.23 Å². The molecule has 0 radical (unpaired) electrons. The van der Waals surface area contributed by atoms with Crippen molar-refractivity contribution in [1.29, 1.82) is 0 Å². The molecule has 2 unspecified atom stereocenters. The van der Waals surface area contributed by atoms with E-state index in [-0.39, 0.29) is 0 Å². The number of rotatable bonds is 2. The molecule has 1 heteroatoms. The molecule has 0 amide bonds. The average Bonchev–Trinajstić information content (AvgIpc) is 2.01. The van der Waals surface area contributed by atoms with Crippen molar-refractivity contribution in [3.8, 4) is 0 Å². The largest absolute Gasteiger partial charge is 0.378 e. The van der Waals surface area contributed by atoms with Crippen molar-refractivity contribution in [1.82, 2.24) is 0 Å². The molecular weight excluding hydrogens is 148 g/mol. The lowest BCUT2D eigenvalue weighted by Gasteiger charge is -2.37. The molecule has 1 aliphatic rings. The molecule has 1 rings (SSSR count). The van der Waals surface area contributed by atoms with Gasteiger partial charge in [-0.2, -0.15) is 0 Å². The van der Waals surface area contributed by atoms with E-state index in [0.717, 1.165) is 12.5 Å². The van der Waals surface area contributed by atoms with Crippen LogP contribution in [0.25, 0.3) is 0 Å². The fourth-order valence-electron chi connectivity index (χ4n) is 1.82. The Morgan fingerprint density at radius 2 is 2.17 bits per heavy atom. The predicted octanol–water partition coefficient (Wildman–Crippen LogP) is 3.24. The third-order valence-electron chi connectivity index (χ3n) is 3.14. The standard InChI is InChI=1S/C11H22O/c1-5-9(2)10-8-11(3,4)6-7-12-10/h9-10H,5-8H2,1-4H3. The molecule has 1 heterocycles. The first-order valence-electron chi connectivity index (χ1n) is 5.17. The first-order chi connectivity index (χ1) is 5.55. The maximum Gasteiger partial charge on any atom is 0.0605 e. The Labute approximate surface area is 76.5 Å². The minimum atomic E-state index is 0.506. The van der Waals surface area contributed by atoms with Crippen LogP contribution in [0.4, 0.5) is 0 Å². The second-order valence-electron chi connectivity index (χ2n) is 4.91. The summed E-state index contributed by atoms with van der Waals surface area (Å²) in [7, 11) is 0. The molecular formula is C11H22O. The molecule has 1 saturated heterocycles. The number of hydrogen-bond donors (Lipinski definition) is 0. The fraction of sp³-hybridized carbons (Fsp3) is 1.00. The Bertz CT molecular complexity index is 140. The van der Waals surface area contributed by atoms with E-state index < -0.39 is 0 Å². The van der Waals surface area contributed by atoms with E-state index in [2.05, 4.69) is 27.7 Å². The summed E-state index contributed by atoms with van der Waals surface area (Å²) >= 11 is 0. The third kappa shape index (κ3) is 2.48. The van der Waals surface area contributed by atoms with E-state index in [9.17, 15) is 0 Å². The number of ether oxygens (including phenoxy) is 1. The van der Waals surface area contributed by atoms with E-state index in [0.29, 0.717) is 11.5 Å². The Kier molecular flexibility index (Phi) is 3.16. The molecule has 2 atom stereocenters. The summed E-state index contributed by atoms with van der Waals surface area (Å²) in [6.07, 6.45) is 4.21. The summed E-state index contributed by atoms with van der Waals surface area (Å²) in [6, 6.07) is 0. The first kappa shape index (κ1) is 10.0. The Morgan fingerprint density at radius 1 is 1.50 bits per heavy atom. The van der Waals surface area contributed by atoms with Gasteiger partial charge in [-0.15, -0.1) is 0 Å². The van der Waals surface area contributed by atoms with Crippen molar-refractivity contribution in [3.05, 3.63) is 0 Å². The van der Waals surface area contributed by atoms with E-state index in [1.807, 2.05) is 0 Å². The van der Waals surface area contributed by atoms with Crippen LogP contribution in [0.1, 0.15) is 47.0 Å². The van der Waals surface area contributed by atoms with Crippen LogP contribution in [-0.4, -0.2) is 12.7 Å². The van der Waals surface area contributed by atoms with Gasteiger partial charge in [0.2, 0.25) is 0 Å². The maximum atomic E-state index is 5.77. The molecule has 1 nitrogen and oxygen atoms in total. The Balaban J connectivity index is 2.46. The fourth-order valence-corrected chi connectivity index (χ4v) is 1.82. The van der Waals surface area contributed by atoms with Gasteiger partial charge < -0.3 is 4.74 Å². The van der Waals surface area contributed by atoms with Gasteiger partial charge in [-0.3, -0.25) is 0 Å². The van der Waals surface area contributed by atoms with Gasteiger partial charge in [0.05, 0.1) is 6.10 Å². The van der Waals surface area contributed by atoms with Crippen molar-refractivity contribution in [3.63, 3.8) is 0 Å². The Morgan fingerprint density at radius 3 is 2.67 bits per heavy atom. The van der Waals surface area contributed by atoms with Gasteiger partial charge in [0.1, 0.15) is 0 Å². The first-order valence-corrected chi connectivity index (χ1v) is 5.17. The van der Waals surface area contributed by atoms with Crippen molar-refractivity contribution in [2.45, 2.75) is 53.1 Å². The van der Waals surface area contributed by atoms with Crippen LogP contribution >= 0.6 is 0 Å². The van der Waals surface area contributed by atoms with Crippen LogP contribution in [0.15, 0.2) is 0 Å². The van der Waals surface area contributed by atoms with Crippen molar-refractivity contribution in [2.24, 2.45) is 11.3 Å². The van der Waals surface area contributed by atoms with Crippen LogP contribution < -0.4 is 0 Å². The van der Waals surface area contributed by atoms with Gasteiger partial charge >= 0.3 is 0 Å². The molecule has 0 aromatic rings. The normalized spacial score (nSPS) is 31.5. The summed E-state index contributed by atoms with van der Waals surface area (Å²) in [5.41, 5.74) is 0.506. The quantitative estimate of drug-likeness (QED) is 0.618. The predicted molar refractivity (Wildman–Crippen MR) is 52.2 cm³/mol. The molecule has 0 N–H and O–H groups in total. The molecule has 0 aromatic heterocycles. The highest BCUT2D eigenvalue weighted by molar-refractivity contribution is 4.80. The minimum absolute atomic E-state index is 0.506. The van der Waals surface area contributed by atoms with Crippen molar-refractivity contribution >= 4 is 0 Å². The van der Waals surface area contributed by atoms with Gasteiger partial charge in [0.25, 0.3) is 0 Å². The monoisotopic (exact) mass is 170 g/mol. The van der Waals surface area contributed by atoms with Gasteiger partial charge in [-0.25, -0.2) is 0 Å². The highest BCUT2D eigenvalue weighted by atomic mass is 16.5.